The second-order valence-corrected chi connectivity index (χ2v) is 3.68. The van der Waals surface area contributed by atoms with Crippen molar-refractivity contribution in [2.45, 2.75) is 18.2 Å². The summed E-state index contributed by atoms with van der Waals surface area (Å²) in [7, 11) is 0. The van der Waals surface area contributed by atoms with Crippen molar-refractivity contribution < 1.29 is 0 Å². The maximum Gasteiger partial charge on any atom is 0.0179 e. The van der Waals surface area contributed by atoms with Crippen LogP contribution in [0.25, 0.3) is 0 Å². The van der Waals surface area contributed by atoms with Crippen molar-refractivity contribution in [3.05, 3.63) is 16.3 Å². The van der Waals surface area contributed by atoms with Crippen LogP contribution in [0.1, 0.15) is 11.8 Å². The van der Waals surface area contributed by atoms with Crippen LogP contribution in [0.15, 0.2) is 16.3 Å². The van der Waals surface area contributed by atoms with E-state index in [1.54, 1.807) is 0 Å². The zero-order chi connectivity index (χ0) is 6.69. The van der Waals surface area contributed by atoms with E-state index in [0.29, 0.717) is 0 Å². The molecule has 0 aliphatic heterocycles. The molecule has 0 saturated carbocycles. The first-order valence-electron chi connectivity index (χ1n) is 2.98. The summed E-state index contributed by atoms with van der Waals surface area (Å²) in [5.74, 6) is 0. The van der Waals surface area contributed by atoms with E-state index in [1.807, 2.05) is 23.1 Å². The maximum atomic E-state index is 2.26. The first kappa shape index (κ1) is 7.16. The zero-order valence-electron chi connectivity index (χ0n) is 5.68. The van der Waals surface area contributed by atoms with Gasteiger partial charge in [0, 0.05) is 15.2 Å². The van der Waals surface area contributed by atoms with Gasteiger partial charge in [-0.1, -0.05) is 6.92 Å². The van der Waals surface area contributed by atoms with Crippen LogP contribution in [0, 0.1) is 0 Å². The van der Waals surface area contributed by atoms with Gasteiger partial charge in [-0.3, -0.25) is 0 Å². The van der Waals surface area contributed by atoms with Crippen molar-refractivity contribution in [1.82, 2.24) is 0 Å². The van der Waals surface area contributed by atoms with Crippen molar-refractivity contribution in [3.63, 3.8) is 0 Å². The molecule has 0 saturated heterocycles. The summed E-state index contributed by atoms with van der Waals surface area (Å²) in [5, 5.41) is 2.21. The van der Waals surface area contributed by atoms with Gasteiger partial charge in [0.2, 0.25) is 0 Å². The SMILES string of the molecule is CCc1cc(SC)cs1. The van der Waals surface area contributed by atoms with Crippen LogP contribution in [0.2, 0.25) is 0 Å². The third kappa shape index (κ3) is 1.73. The molecule has 1 heterocycles. The Kier molecular flexibility index (Phi) is 2.61. The third-order valence-corrected chi connectivity index (χ3v) is 3.15. The number of thiophene rings is 1. The smallest absolute Gasteiger partial charge is 0.0179 e. The fourth-order valence-corrected chi connectivity index (χ4v) is 2.21. The summed E-state index contributed by atoms with van der Waals surface area (Å²) >= 11 is 3.67. The number of thioether (sulfide) groups is 1. The van der Waals surface area contributed by atoms with E-state index in [2.05, 4.69) is 24.6 Å². The highest BCUT2D eigenvalue weighted by molar-refractivity contribution is 7.98. The Hall–Kier alpha value is 0.0500. The van der Waals surface area contributed by atoms with Crippen molar-refractivity contribution in [3.8, 4) is 0 Å². The molecule has 0 aliphatic carbocycles. The summed E-state index contributed by atoms with van der Waals surface area (Å²) in [4.78, 5) is 2.89. The van der Waals surface area contributed by atoms with Crippen LogP contribution in [-0.2, 0) is 6.42 Å². The molecule has 0 fully saturated rings. The monoisotopic (exact) mass is 158 g/mol. The molecule has 0 atom stereocenters. The molecule has 0 spiro atoms. The van der Waals surface area contributed by atoms with E-state index in [0.717, 1.165) is 0 Å². The van der Waals surface area contributed by atoms with E-state index in [1.165, 1.54) is 16.2 Å². The zero-order valence-corrected chi connectivity index (χ0v) is 7.31. The van der Waals surface area contributed by atoms with Gasteiger partial charge in [0.05, 0.1) is 0 Å². The van der Waals surface area contributed by atoms with Gasteiger partial charge in [0.15, 0.2) is 0 Å². The summed E-state index contributed by atoms with van der Waals surface area (Å²) < 4.78 is 0. The second kappa shape index (κ2) is 3.28. The Morgan fingerprint density at radius 2 is 2.44 bits per heavy atom. The lowest BCUT2D eigenvalue weighted by molar-refractivity contribution is 1.18. The number of rotatable bonds is 2. The molecule has 0 aromatic carbocycles. The molecule has 0 bridgehead atoms. The van der Waals surface area contributed by atoms with E-state index >= 15 is 0 Å². The van der Waals surface area contributed by atoms with Gasteiger partial charge in [0.25, 0.3) is 0 Å². The molecule has 0 radical (unpaired) electrons. The first-order chi connectivity index (χ1) is 4.36. The second-order valence-electron chi connectivity index (χ2n) is 1.81. The lowest BCUT2D eigenvalue weighted by Crippen LogP contribution is -1.65. The average molecular weight is 158 g/mol. The number of hydrogen-bond acceptors (Lipinski definition) is 2. The topological polar surface area (TPSA) is 0 Å². The van der Waals surface area contributed by atoms with Crippen LogP contribution < -0.4 is 0 Å². The molecule has 2 heteroatoms. The molecule has 50 valence electrons. The Morgan fingerprint density at radius 3 is 2.78 bits per heavy atom. The first-order valence-corrected chi connectivity index (χ1v) is 5.08. The van der Waals surface area contributed by atoms with Gasteiger partial charge in [-0.15, -0.1) is 23.1 Å². The molecular weight excluding hydrogens is 148 g/mol. The highest BCUT2D eigenvalue weighted by Gasteiger charge is 1.93. The lowest BCUT2D eigenvalue weighted by Gasteiger charge is -1.83. The summed E-state index contributed by atoms with van der Waals surface area (Å²) in [6.45, 7) is 2.19. The lowest BCUT2D eigenvalue weighted by atomic mass is 10.4. The number of aryl methyl sites for hydroxylation is 1. The van der Waals surface area contributed by atoms with Crippen LogP contribution in [0.5, 0.6) is 0 Å². The van der Waals surface area contributed by atoms with E-state index in [9.17, 15) is 0 Å². The fourth-order valence-electron chi connectivity index (χ4n) is 0.653. The summed E-state index contributed by atoms with van der Waals surface area (Å²) in [5.41, 5.74) is 0. The van der Waals surface area contributed by atoms with E-state index < -0.39 is 0 Å². The quantitative estimate of drug-likeness (QED) is 0.596. The molecule has 9 heavy (non-hydrogen) atoms. The number of hydrogen-bond donors (Lipinski definition) is 0. The van der Waals surface area contributed by atoms with Gasteiger partial charge in [0.1, 0.15) is 0 Å². The predicted molar refractivity (Wildman–Crippen MR) is 45.5 cm³/mol. The van der Waals surface area contributed by atoms with E-state index in [-0.39, 0.29) is 0 Å². The van der Waals surface area contributed by atoms with Gasteiger partial charge < -0.3 is 0 Å². The average Bonchev–Trinajstić information content (AvgIpc) is 2.34. The molecule has 0 unspecified atom stereocenters. The van der Waals surface area contributed by atoms with Gasteiger partial charge in [-0.05, 0) is 18.7 Å². The molecule has 0 nitrogen and oxygen atoms in total. The van der Waals surface area contributed by atoms with Crippen molar-refractivity contribution >= 4 is 23.1 Å². The Balaban J connectivity index is 2.74. The third-order valence-electron chi connectivity index (χ3n) is 1.21. The van der Waals surface area contributed by atoms with Gasteiger partial charge >= 0.3 is 0 Å². The highest BCUT2D eigenvalue weighted by Crippen LogP contribution is 2.22. The Labute approximate surface area is 64.3 Å². The van der Waals surface area contributed by atoms with Crippen LogP contribution >= 0.6 is 23.1 Å². The summed E-state index contributed by atoms with van der Waals surface area (Å²) in [6.07, 6.45) is 3.28. The normalized spacial score (nSPS) is 10.0. The molecule has 0 N–H and O–H groups in total. The van der Waals surface area contributed by atoms with Gasteiger partial charge in [-0.25, -0.2) is 0 Å². The fraction of sp³-hybridized carbons (Fsp3) is 0.429. The largest absolute Gasteiger partial charge is 0.148 e. The standard InChI is InChI=1S/C7H10S2/c1-3-6-4-7(8-2)5-9-6/h4-5H,3H2,1-2H3. The van der Waals surface area contributed by atoms with Crippen molar-refractivity contribution in [2.75, 3.05) is 6.26 Å². The minimum absolute atomic E-state index is 1.17. The van der Waals surface area contributed by atoms with E-state index in [4.69, 9.17) is 0 Å². The molecule has 1 aromatic heterocycles. The Morgan fingerprint density at radius 1 is 1.67 bits per heavy atom. The summed E-state index contributed by atoms with van der Waals surface area (Å²) in [6, 6.07) is 2.26. The van der Waals surface area contributed by atoms with Gasteiger partial charge in [-0.2, -0.15) is 0 Å². The van der Waals surface area contributed by atoms with Crippen molar-refractivity contribution in [2.24, 2.45) is 0 Å². The molecule has 1 aromatic rings. The molecular formula is C7H10S2. The van der Waals surface area contributed by atoms with Crippen LogP contribution in [0.4, 0.5) is 0 Å². The highest BCUT2D eigenvalue weighted by atomic mass is 32.2. The van der Waals surface area contributed by atoms with Crippen LogP contribution in [-0.4, -0.2) is 6.26 Å². The predicted octanol–water partition coefficient (Wildman–Crippen LogP) is 3.03. The van der Waals surface area contributed by atoms with Crippen LogP contribution in [0.3, 0.4) is 0 Å². The molecule has 0 amide bonds. The molecule has 1 rings (SSSR count). The molecule has 0 aliphatic rings. The minimum Gasteiger partial charge on any atom is -0.148 e. The van der Waals surface area contributed by atoms with Crippen molar-refractivity contribution in [1.29, 1.82) is 0 Å². The minimum atomic E-state index is 1.17. The Bertz CT molecular complexity index is 160. The maximum absolute atomic E-state index is 2.26.